The summed E-state index contributed by atoms with van der Waals surface area (Å²) in [7, 11) is 3.11. The van der Waals surface area contributed by atoms with Gasteiger partial charge in [-0.3, -0.25) is 14.5 Å². The first-order valence-corrected chi connectivity index (χ1v) is 13.9. The van der Waals surface area contributed by atoms with Crippen molar-refractivity contribution in [1.29, 1.82) is 0 Å². The van der Waals surface area contributed by atoms with Crippen LogP contribution in [-0.2, 0) is 15.1 Å². The minimum absolute atomic E-state index is 0.337. The molecule has 5 rings (SSSR count). The van der Waals surface area contributed by atoms with Gasteiger partial charge in [0.05, 0.1) is 30.9 Å². The number of rotatable bonds is 8. The Labute approximate surface area is 237 Å². The molecule has 1 N–H and O–H groups in total. The van der Waals surface area contributed by atoms with E-state index in [-0.39, 0.29) is 0 Å². The lowest BCUT2D eigenvalue weighted by molar-refractivity contribution is -0.140. The van der Waals surface area contributed by atoms with Crippen molar-refractivity contribution in [3.63, 3.8) is 0 Å². The average Bonchev–Trinajstić information content (AvgIpc) is 3.69. The minimum Gasteiger partial charge on any atom is -0.493 e. The summed E-state index contributed by atoms with van der Waals surface area (Å²) in [6.45, 7) is 5.41. The Balaban J connectivity index is 1.42. The van der Waals surface area contributed by atoms with Crippen molar-refractivity contribution in [3.8, 4) is 11.5 Å². The number of urea groups is 1. The molecule has 208 valence electrons. The maximum absolute atomic E-state index is 13.7. The number of carbonyl (C=O) groups excluding carboxylic acids is 3. The maximum Gasteiger partial charge on any atom is 0.325 e. The van der Waals surface area contributed by atoms with E-state index in [1.807, 2.05) is 53.9 Å². The molecule has 10 heteroatoms. The summed E-state index contributed by atoms with van der Waals surface area (Å²) in [5.74, 6) is 0.497. The molecule has 0 aliphatic carbocycles. The highest BCUT2D eigenvalue weighted by atomic mass is 32.1. The van der Waals surface area contributed by atoms with Gasteiger partial charge >= 0.3 is 6.03 Å². The molecule has 1 aromatic heterocycles. The number of hydrogen-bond donors (Lipinski definition) is 1. The lowest BCUT2D eigenvalue weighted by Gasteiger charge is -2.25. The van der Waals surface area contributed by atoms with E-state index in [1.165, 1.54) is 16.3 Å². The molecule has 9 nitrogen and oxygen atoms in total. The van der Waals surface area contributed by atoms with Crippen LogP contribution in [0.5, 0.6) is 11.5 Å². The van der Waals surface area contributed by atoms with Crippen molar-refractivity contribution in [2.45, 2.75) is 44.7 Å². The van der Waals surface area contributed by atoms with E-state index < -0.39 is 36.0 Å². The normalized spacial score (nSPS) is 20.6. The van der Waals surface area contributed by atoms with E-state index in [9.17, 15) is 14.4 Å². The fourth-order valence-corrected chi connectivity index (χ4v) is 5.82. The van der Waals surface area contributed by atoms with Crippen LogP contribution in [0.25, 0.3) is 0 Å². The monoisotopic (exact) mass is 560 g/mol. The molecule has 2 atom stereocenters. The van der Waals surface area contributed by atoms with Crippen LogP contribution in [-0.4, -0.2) is 54.2 Å². The topological polar surface area (TPSA) is 101 Å². The number of nitrogens with one attached hydrogen (secondary N) is 1. The molecule has 1 fully saturated rings. The number of carbonyl (C=O) groups is 3. The number of methoxy groups -OCH3 is 2. The zero-order valence-corrected chi connectivity index (χ0v) is 24.0. The zero-order chi connectivity index (χ0) is 28.6. The standard InChI is InChI=1S/C30H32N4O5S/c1-18(2)19-8-11-21(12-9-19)30(3)28(36)33(29(37)31-30)17-27(35)34-23(16-22(32-34)26-7-6-14-40-26)20-10-13-24(38-4)25(15-20)39-5/h6-15,18,23H,16-17H2,1-5H3,(H,31,37)/t23-,30+/m0/s1. The molecular weight excluding hydrogens is 528 g/mol. The van der Waals surface area contributed by atoms with Crippen molar-refractivity contribution >= 4 is 34.9 Å². The molecule has 0 unspecified atom stereocenters. The number of ether oxygens (including phenoxy) is 2. The number of thiophene rings is 1. The average molecular weight is 561 g/mol. The fraction of sp³-hybridized carbons (Fsp3) is 0.333. The van der Waals surface area contributed by atoms with Gasteiger partial charge in [-0.2, -0.15) is 5.10 Å². The highest BCUT2D eigenvalue weighted by Crippen LogP contribution is 2.38. The minimum atomic E-state index is -1.27. The second-order valence-electron chi connectivity index (χ2n) is 10.3. The van der Waals surface area contributed by atoms with Crippen LogP contribution in [0.4, 0.5) is 4.79 Å². The summed E-state index contributed by atoms with van der Waals surface area (Å²) in [6, 6.07) is 15.9. The second-order valence-corrected chi connectivity index (χ2v) is 11.3. The Hall–Kier alpha value is -4.18. The number of benzene rings is 2. The number of amides is 4. The van der Waals surface area contributed by atoms with Crippen LogP contribution in [0.1, 0.15) is 60.7 Å². The molecule has 3 aromatic rings. The van der Waals surface area contributed by atoms with E-state index >= 15 is 0 Å². The summed E-state index contributed by atoms with van der Waals surface area (Å²) in [6.07, 6.45) is 0.474. The summed E-state index contributed by atoms with van der Waals surface area (Å²) in [4.78, 5) is 42.2. The van der Waals surface area contributed by atoms with E-state index in [4.69, 9.17) is 9.47 Å². The third kappa shape index (κ3) is 4.83. The van der Waals surface area contributed by atoms with E-state index in [1.54, 1.807) is 27.2 Å². The van der Waals surface area contributed by atoms with Crippen molar-refractivity contribution in [1.82, 2.24) is 15.2 Å². The highest BCUT2D eigenvalue weighted by molar-refractivity contribution is 7.12. The van der Waals surface area contributed by atoms with Gasteiger partial charge in [-0.25, -0.2) is 9.80 Å². The van der Waals surface area contributed by atoms with Crippen LogP contribution in [0, 0.1) is 0 Å². The molecule has 0 radical (unpaired) electrons. The Kier molecular flexibility index (Phi) is 7.37. The maximum atomic E-state index is 13.7. The van der Waals surface area contributed by atoms with E-state index in [2.05, 4.69) is 24.3 Å². The number of hydrogen-bond acceptors (Lipinski definition) is 7. The smallest absolute Gasteiger partial charge is 0.325 e. The summed E-state index contributed by atoms with van der Waals surface area (Å²) < 4.78 is 10.9. The first kappa shape index (κ1) is 27.4. The largest absolute Gasteiger partial charge is 0.493 e. The molecule has 2 aliphatic heterocycles. The van der Waals surface area contributed by atoms with Gasteiger partial charge in [0.1, 0.15) is 12.1 Å². The van der Waals surface area contributed by atoms with Gasteiger partial charge in [0, 0.05) is 6.42 Å². The van der Waals surface area contributed by atoms with Gasteiger partial charge in [-0.05, 0) is 53.1 Å². The molecule has 0 spiro atoms. The van der Waals surface area contributed by atoms with Crippen LogP contribution in [0.2, 0.25) is 0 Å². The van der Waals surface area contributed by atoms with Crippen LogP contribution >= 0.6 is 11.3 Å². The Morgan fingerprint density at radius 2 is 1.82 bits per heavy atom. The van der Waals surface area contributed by atoms with Gasteiger partial charge < -0.3 is 14.8 Å². The Morgan fingerprint density at radius 1 is 1.10 bits per heavy atom. The number of imide groups is 1. The second kappa shape index (κ2) is 10.8. The van der Waals surface area contributed by atoms with Crippen LogP contribution in [0.3, 0.4) is 0 Å². The molecule has 2 aromatic carbocycles. The quantitative estimate of drug-likeness (QED) is 0.390. The molecule has 2 aliphatic rings. The van der Waals surface area contributed by atoms with Crippen LogP contribution < -0.4 is 14.8 Å². The lowest BCUT2D eigenvalue weighted by atomic mass is 9.90. The predicted molar refractivity (Wildman–Crippen MR) is 153 cm³/mol. The van der Waals surface area contributed by atoms with E-state index in [0.29, 0.717) is 29.4 Å². The molecule has 1 saturated heterocycles. The SMILES string of the molecule is COc1ccc([C@@H]2CC(c3cccs3)=NN2C(=O)CN2C(=O)N[C@](C)(c3ccc(C(C)C)cc3)C2=O)cc1OC. The van der Waals surface area contributed by atoms with E-state index in [0.717, 1.165) is 26.6 Å². The third-order valence-corrected chi connectivity index (χ3v) is 8.41. The number of nitrogens with zero attached hydrogens (tertiary/aromatic N) is 3. The van der Waals surface area contributed by atoms with Gasteiger partial charge in [-0.15, -0.1) is 11.3 Å². The van der Waals surface area contributed by atoms with Gasteiger partial charge in [-0.1, -0.05) is 50.2 Å². The fourth-order valence-electron chi connectivity index (χ4n) is 5.10. The predicted octanol–water partition coefficient (Wildman–Crippen LogP) is 5.03. The first-order chi connectivity index (χ1) is 19.2. The van der Waals surface area contributed by atoms with Gasteiger partial charge in [0.2, 0.25) is 0 Å². The van der Waals surface area contributed by atoms with Crippen molar-refractivity contribution in [2.75, 3.05) is 20.8 Å². The molecule has 0 saturated carbocycles. The first-order valence-electron chi connectivity index (χ1n) is 13.1. The lowest BCUT2D eigenvalue weighted by Crippen LogP contribution is -2.43. The van der Waals surface area contributed by atoms with Crippen LogP contribution in [0.15, 0.2) is 65.1 Å². The summed E-state index contributed by atoms with van der Waals surface area (Å²) in [5.41, 5.74) is 2.08. The summed E-state index contributed by atoms with van der Waals surface area (Å²) in [5, 5.41) is 10.8. The van der Waals surface area contributed by atoms with Crippen molar-refractivity contribution in [3.05, 3.63) is 81.5 Å². The van der Waals surface area contributed by atoms with Crippen molar-refractivity contribution in [2.24, 2.45) is 5.10 Å². The third-order valence-electron chi connectivity index (χ3n) is 7.49. The molecule has 4 amide bonds. The number of hydrazone groups is 1. The van der Waals surface area contributed by atoms with Crippen molar-refractivity contribution < 1.29 is 23.9 Å². The highest BCUT2D eigenvalue weighted by Gasteiger charge is 2.50. The Bertz CT molecular complexity index is 1470. The summed E-state index contributed by atoms with van der Waals surface area (Å²) >= 11 is 1.54. The Morgan fingerprint density at radius 3 is 2.45 bits per heavy atom. The molecule has 0 bridgehead atoms. The molecule has 40 heavy (non-hydrogen) atoms. The van der Waals surface area contributed by atoms with Gasteiger partial charge in [0.15, 0.2) is 11.5 Å². The molecule has 3 heterocycles. The zero-order valence-electron chi connectivity index (χ0n) is 23.1. The van der Waals surface area contributed by atoms with Gasteiger partial charge in [0.25, 0.3) is 11.8 Å². The molecular formula is C30H32N4O5S.